The van der Waals surface area contributed by atoms with E-state index in [4.69, 9.17) is 0 Å². The van der Waals surface area contributed by atoms with Crippen LogP contribution in [0, 0.1) is 5.92 Å². The third-order valence-corrected chi connectivity index (χ3v) is 5.54. The summed E-state index contributed by atoms with van der Waals surface area (Å²) in [4.78, 5) is 12.4. The Morgan fingerprint density at radius 1 is 0.520 bits per heavy atom. The molecule has 0 aromatic carbocycles. The Balaban J connectivity index is 3.50. The molecule has 0 N–H and O–H groups in total. The fraction of sp³-hybridized carbons (Fsp3) is 0.958. The lowest BCUT2D eigenvalue weighted by Gasteiger charge is -2.15. The van der Waals surface area contributed by atoms with Gasteiger partial charge in [-0.25, -0.2) is 0 Å². The van der Waals surface area contributed by atoms with E-state index in [-0.39, 0.29) is 0 Å². The topological polar surface area (TPSA) is 17.1 Å². The van der Waals surface area contributed by atoms with Crippen molar-refractivity contribution in [2.75, 3.05) is 0 Å². The molecule has 0 amide bonds. The molecule has 0 aromatic heterocycles. The van der Waals surface area contributed by atoms with Gasteiger partial charge in [-0.3, -0.25) is 4.79 Å². The highest BCUT2D eigenvalue weighted by atomic mass is 16.1. The maximum absolute atomic E-state index is 12.4. The van der Waals surface area contributed by atoms with Gasteiger partial charge in [0, 0.05) is 12.3 Å². The highest BCUT2D eigenvalue weighted by Crippen LogP contribution is 2.20. The number of hydrogen-bond donors (Lipinski definition) is 0. The van der Waals surface area contributed by atoms with Gasteiger partial charge < -0.3 is 0 Å². The summed E-state index contributed by atoms with van der Waals surface area (Å²) < 4.78 is 0. The van der Waals surface area contributed by atoms with Crippen molar-refractivity contribution in [1.82, 2.24) is 0 Å². The molecule has 0 bridgehead atoms. The molecule has 25 heavy (non-hydrogen) atoms. The zero-order valence-corrected chi connectivity index (χ0v) is 17.9. The van der Waals surface area contributed by atoms with Crippen LogP contribution in [0.2, 0.25) is 0 Å². The van der Waals surface area contributed by atoms with Gasteiger partial charge in [0.2, 0.25) is 0 Å². The molecule has 0 aliphatic heterocycles. The Hall–Kier alpha value is -0.330. The molecule has 0 aliphatic carbocycles. The first-order valence-electron chi connectivity index (χ1n) is 11.8. The lowest BCUT2D eigenvalue weighted by atomic mass is 9.89. The van der Waals surface area contributed by atoms with E-state index in [1.165, 1.54) is 96.3 Å². The van der Waals surface area contributed by atoms with Gasteiger partial charge in [0.25, 0.3) is 0 Å². The van der Waals surface area contributed by atoms with Crippen molar-refractivity contribution < 1.29 is 4.79 Å². The fourth-order valence-electron chi connectivity index (χ4n) is 3.71. The fourth-order valence-corrected chi connectivity index (χ4v) is 3.71. The first kappa shape index (κ1) is 24.7. The molecule has 0 unspecified atom stereocenters. The van der Waals surface area contributed by atoms with Crippen LogP contribution in [0.3, 0.4) is 0 Å². The van der Waals surface area contributed by atoms with Crippen LogP contribution in [0.5, 0.6) is 0 Å². The first-order valence-corrected chi connectivity index (χ1v) is 11.8. The minimum Gasteiger partial charge on any atom is -0.299 e. The van der Waals surface area contributed by atoms with Gasteiger partial charge in [-0.1, -0.05) is 117 Å². The molecule has 150 valence electrons. The number of carbonyl (C=O) groups is 1. The molecule has 0 aromatic rings. The summed E-state index contributed by atoms with van der Waals surface area (Å²) in [7, 11) is 0. The highest BCUT2D eigenvalue weighted by Gasteiger charge is 2.16. The van der Waals surface area contributed by atoms with Crippen LogP contribution in [-0.4, -0.2) is 5.78 Å². The van der Waals surface area contributed by atoms with Gasteiger partial charge in [-0.05, 0) is 19.3 Å². The number of unbranched alkanes of at least 4 members (excludes halogenated alkanes) is 13. The molecule has 0 saturated heterocycles. The van der Waals surface area contributed by atoms with Crippen LogP contribution in [0.4, 0.5) is 0 Å². The molecule has 1 nitrogen and oxygen atoms in total. The molecule has 0 aliphatic rings. The average molecular weight is 353 g/mol. The number of ketones is 1. The van der Waals surface area contributed by atoms with Gasteiger partial charge in [-0.15, -0.1) is 0 Å². The van der Waals surface area contributed by atoms with Crippen molar-refractivity contribution in [2.24, 2.45) is 5.92 Å². The normalized spacial score (nSPS) is 11.4. The minimum atomic E-state index is 0.368. The summed E-state index contributed by atoms with van der Waals surface area (Å²) in [6.07, 6.45) is 24.4. The largest absolute Gasteiger partial charge is 0.299 e. The van der Waals surface area contributed by atoms with Crippen molar-refractivity contribution in [3.63, 3.8) is 0 Å². The monoisotopic (exact) mass is 352 g/mol. The summed E-state index contributed by atoms with van der Waals surface area (Å²) in [5.41, 5.74) is 0. The molecule has 0 heterocycles. The molecule has 0 spiro atoms. The third-order valence-electron chi connectivity index (χ3n) is 5.54. The Kier molecular flexibility index (Phi) is 19.7. The Bertz CT molecular complexity index is 263. The van der Waals surface area contributed by atoms with Crippen LogP contribution >= 0.6 is 0 Å². The lowest BCUT2D eigenvalue weighted by molar-refractivity contribution is -0.123. The maximum Gasteiger partial charge on any atom is 0.135 e. The Labute approximate surface area is 159 Å². The Morgan fingerprint density at radius 2 is 0.880 bits per heavy atom. The number of Topliss-reactive ketones (excluding diaryl/α,β-unsaturated/α-hetero) is 1. The summed E-state index contributed by atoms with van der Waals surface area (Å²) in [5, 5.41) is 0. The van der Waals surface area contributed by atoms with E-state index in [2.05, 4.69) is 20.8 Å². The summed E-state index contributed by atoms with van der Waals surface area (Å²) >= 11 is 0. The van der Waals surface area contributed by atoms with E-state index in [9.17, 15) is 4.79 Å². The van der Waals surface area contributed by atoms with Crippen LogP contribution in [0.25, 0.3) is 0 Å². The second-order valence-electron chi connectivity index (χ2n) is 8.09. The second kappa shape index (κ2) is 20.0. The number of carbonyl (C=O) groups excluding carboxylic acids is 1. The van der Waals surface area contributed by atoms with E-state index in [0.717, 1.165) is 25.7 Å². The van der Waals surface area contributed by atoms with Crippen LogP contribution < -0.4 is 0 Å². The smallest absolute Gasteiger partial charge is 0.135 e. The average Bonchev–Trinajstić information content (AvgIpc) is 2.62. The Morgan fingerprint density at radius 3 is 1.28 bits per heavy atom. The van der Waals surface area contributed by atoms with Crippen molar-refractivity contribution >= 4 is 5.78 Å². The molecule has 0 radical (unpaired) electrons. The zero-order valence-electron chi connectivity index (χ0n) is 17.9. The van der Waals surface area contributed by atoms with Gasteiger partial charge in [-0.2, -0.15) is 0 Å². The predicted octanol–water partition coefficient (Wildman–Crippen LogP) is 8.64. The van der Waals surface area contributed by atoms with Crippen molar-refractivity contribution in [3.8, 4) is 0 Å². The van der Waals surface area contributed by atoms with E-state index >= 15 is 0 Å². The lowest BCUT2D eigenvalue weighted by Crippen LogP contribution is -2.14. The summed E-state index contributed by atoms with van der Waals surface area (Å²) in [5.74, 6) is 0.932. The van der Waals surface area contributed by atoms with Gasteiger partial charge in [0.15, 0.2) is 0 Å². The molecular weight excluding hydrogens is 304 g/mol. The quantitative estimate of drug-likeness (QED) is 0.200. The summed E-state index contributed by atoms with van der Waals surface area (Å²) in [6, 6.07) is 0. The van der Waals surface area contributed by atoms with E-state index < -0.39 is 0 Å². The van der Waals surface area contributed by atoms with E-state index in [1.807, 2.05) is 0 Å². The minimum absolute atomic E-state index is 0.368. The van der Waals surface area contributed by atoms with Crippen molar-refractivity contribution in [1.29, 1.82) is 0 Å². The molecule has 0 rings (SSSR count). The van der Waals surface area contributed by atoms with Crippen LogP contribution in [0.15, 0.2) is 0 Å². The van der Waals surface area contributed by atoms with Gasteiger partial charge in [0.1, 0.15) is 5.78 Å². The zero-order chi connectivity index (χ0) is 18.6. The van der Waals surface area contributed by atoms with E-state index in [1.54, 1.807) is 0 Å². The third kappa shape index (κ3) is 16.9. The van der Waals surface area contributed by atoms with Crippen LogP contribution in [0.1, 0.15) is 143 Å². The number of rotatable bonds is 20. The molecular formula is C24H48O. The molecule has 0 saturated carbocycles. The van der Waals surface area contributed by atoms with Gasteiger partial charge >= 0.3 is 0 Å². The second-order valence-corrected chi connectivity index (χ2v) is 8.09. The predicted molar refractivity (Wildman–Crippen MR) is 113 cm³/mol. The first-order chi connectivity index (χ1) is 12.3. The van der Waals surface area contributed by atoms with Crippen molar-refractivity contribution in [3.05, 3.63) is 0 Å². The standard InChI is InChI=1S/C24H48O/c1-4-7-10-11-12-13-14-15-16-17-18-19-22-24(25)23(20-8-5-2)21-9-6-3/h23H,4-22H2,1-3H3. The summed E-state index contributed by atoms with van der Waals surface area (Å²) in [6.45, 7) is 6.74. The molecule has 0 atom stereocenters. The number of hydrogen-bond acceptors (Lipinski definition) is 1. The maximum atomic E-state index is 12.4. The molecule has 0 fully saturated rings. The SMILES string of the molecule is CCCCCCCCCCCCCCC(=O)C(CCCC)CCCC. The molecule has 1 heteroatoms. The van der Waals surface area contributed by atoms with E-state index in [0.29, 0.717) is 11.7 Å². The van der Waals surface area contributed by atoms with Gasteiger partial charge in [0.05, 0.1) is 0 Å². The highest BCUT2D eigenvalue weighted by molar-refractivity contribution is 5.80. The van der Waals surface area contributed by atoms with Crippen LogP contribution in [-0.2, 0) is 4.79 Å². The van der Waals surface area contributed by atoms with Crippen molar-refractivity contribution in [2.45, 2.75) is 143 Å².